The van der Waals surface area contributed by atoms with Gasteiger partial charge in [-0.1, -0.05) is 23.2 Å². The molecule has 23 heavy (non-hydrogen) atoms. The van der Waals surface area contributed by atoms with Crippen LogP contribution in [0.15, 0.2) is 41.6 Å². The zero-order valence-electron chi connectivity index (χ0n) is 11.9. The van der Waals surface area contributed by atoms with E-state index in [0.29, 0.717) is 28.2 Å². The number of hydrogen-bond acceptors (Lipinski definition) is 4. The number of anilines is 1. The average molecular weight is 350 g/mol. The Morgan fingerprint density at radius 2 is 1.78 bits per heavy atom. The molecule has 0 bridgehead atoms. The Labute approximate surface area is 141 Å². The van der Waals surface area contributed by atoms with E-state index < -0.39 is 0 Å². The Balaban J connectivity index is 1.59. The lowest BCUT2D eigenvalue weighted by molar-refractivity contribution is 0.984. The van der Waals surface area contributed by atoms with Crippen LogP contribution in [0.5, 0.6) is 0 Å². The van der Waals surface area contributed by atoms with Gasteiger partial charge < -0.3 is 15.3 Å². The van der Waals surface area contributed by atoms with E-state index in [0.717, 1.165) is 17.5 Å². The molecule has 1 aromatic carbocycles. The van der Waals surface area contributed by atoms with Gasteiger partial charge >= 0.3 is 5.69 Å². The molecule has 2 heterocycles. The van der Waals surface area contributed by atoms with E-state index in [1.54, 1.807) is 24.7 Å². The minimum Gasteiger partial charge on any atom is -0.354 e. The van der Waals surface area contributed by atoms with Crippen molar-refractivity contribution in [1.82, 2.24) is 19.9 Å². The molecule has 118 valence electrons. The van der Waals surface area contributed by atoms with Crippen molar-refractivity contribution in [1.29, 1.82) is 0 Å². The number of nitrogens with one attached hydrogen (secondary N) is 3. The zero-order valence-corrected chi connectivity index (χ0v) is 13.4. The molecule has 0 saturated heterocycles. The van der Waals surface area contributed by atoms with Crippen molar-refractivity contribution in [2.75, 3.05) is 11.9 Å². The highest BCUT2D eigenvalue weighted by molar-refractivity contribution is 6.34. The molecule has 0 aliphatic carbocycles. The van der Waals surface area contributed by atoms with E-state index in [1.165, 1.54) is 0 Å². The normalized spacial score (nSPS) is 10.7. The zero-order chi connectivity index (χ0) is 16.2. The fourth-order valence-electron chi connectivity index (χ4n) is 2.12. The quantitative estimate of drug-likeness (QED) is 0.660. The maximum atomic E-state index is 11.1. The number of imidazole rings is 1. The summed E-state index contributed by atoms with van der Waals surface area (Å²) in [4.78, 5) is 24.7. The van der Waals surface area contributed by atoms with E-state index in [2.05, 4.69) is 25.3 Å². The van der Waals surface area contributed by atoms with Crippen LogP contribution in [0.4, 0.5) is 5.95 Å². The topological polar surface area (TPSA) is 86.5 Å². The molecule has 0 atom stereocenters. The largest absolute Gasteiger partial charge is 0.354 e. The van der Waals surface area contributed by atoms with Gasteiger partial charge in [-0.25, -0.2) is 14.8 Å². The SMILES string of the molecule is O=c1[nH]cc(-c2cnc(NCCc3cc(Cl)cc(Cl)c3)nc2)[nH]1. The number of benzene rings is 1. The summed E-state index contributed by atoms with van der Waals surface area (Å²) in [5.41, 5.74) is 2.16. The van der Waals surface area contributed by atoms with Crippen molar-refractivity contribution >= 4 is 29.2 Å². The summed E-state index contributed by atoms with van der Waals surface area (Å²) in [6.07, 6.45) is 5.61. The molecule has 0 aliphatic rings. The van der Waals surface area contributed by atoms with Crippen LogP contribution in [0.1, 0.15) is 5.56 Å². The Bertz CT molecular complexity index is 837. The van der Waals surface area contributed by atoms with Gasteiger partial charge in [0.25, 0.3) is 0 Å². The monoisotopic (exact) mass is 349 g/mol. The van der Waals surface area contributed by atoms with Crippen molar-refractivity contribution in [2.24, 2.45) is 0 Å². The van der Waals surface area contributed by atoms with Gasteiger partial charge in [0.2, 0.25) is 5.95 Å². The van der Waals surface area contributed by atoms with Gasteiger partial charge in [-0.05, 0) is 30.2 Å². The molecule has 6 nitrogen and oxygen atoms in total. The second kappa shape index (κ2) is 6.85. The van der Waals surface area contributed by atoms with Gasteiger partial charge in [-0.2, -0.15) is 0 Å². The van der Waals surface area contributed by atoms with Gasteiger partial charge in [-0.15, -0.1) is 0 Å². The summed E-state index contributed by atoms with van der Waals surface area (Å²) in [5.74, 6) is 0.514. The first-order valence-corrected chi connectivity index (χ1v) is 7.65. The Morgan fingerprint density at radius 3 is 2.39 bits per heavy atom. The third-order valence-corrected chi connectivity index (χ3v) is 3.61. The third-order valence-electron chi connectivity index (χ3n) is 3.18. The Hall–Kier alpha value is -2.31. The van der Waals surface area contributed by atoms with Crippen LogP contribution in [0, 0.1) is 0 Å². The summed E-state index contributed by atoms with van der Waals surface area (Å²) in [7, 11) is 0. The average Bonchev–Trinajstić information content (AvgIpc) is 2.93. The molecule has 3 aromatic rings. The molecule has 0 unspecified atom stereocenters. The highest BCUT2D eigenvalue weighted by Crippen LogP contribution is 2.19. The predicted octanol–water partition coefficient (Wildman–Crippen LogP) is 3.12. The molecule has 0 aliphatic heterocycles. The molecule has 0 spiro atoms. The fourth-order valence-corrected chi connectivity index (χ4v) is 2.69. The summed E-state index contributed by atoms with van der Waals surface area (Å²) < 4.78 is 0. The van der Waals surface area contributed by atoms with Crippen LogP contribution in [0.2, 0.25) is 10.0 Å². The summed E-state index contributed by atoms with van der Waals surface area (Å²) in [6, 6.07) is 5.45. The summed E-state index contributed by atoms with van der Waals surface area (Å²) >= 11 is 11.9. The second-order valence-corrected chi connectivity index (χ2v) is 5.78. The Kier molecular flexibility index (Phi) is 4.64. The lowest BCUT2D eigenvalue weighted by Gasteiger charge is -2.06. The predicted molar refractivity (Wildman–Crippen MR) is 91.1 cm³/mol. The number of nitrogens with zero attached hydrogens (tertiary/aromatic N) is 2. The van der Waals surface area contributed by atoms with E-state index in [9.17, 15) is 4.79 Å². The van der Waals surface area contributed by atoms with Crippen molar-refractivity contribution in [3.8, 4) is 11.3 Å². The molecule has 8 heteroatoms. The maximum absolute atomic E-state index is 11.1. The first kappa shape index (κ1) is 15.6. The van der Waals surface area contributed by atoms with E-state index >= 15 is 0 Å². The van der Waals surface area contributed by atoms with Gasteiger partial charge in [0.05, 0.1) is 5.69 Å². The lowest BCUT2D eigenvalue weighted by atomic mass is 10.1. The van der Waals surface area contributed by atoms with Crippen molar-refractivity contribution in [2.45, 2.75) is 6.42 Å². The molecular weight excluding hydrogens is 337 g/mol. The summed E-state index contributed by atoms with van der Waals surface area (Å²) in [6.45, 7) is 0.650. The van der Waals surface area contributed by atoms with Crippen LogP contribution in [-0.4, -0.2) is 26.5 Å². The van der Waals surface area contributed by atoms with Crippen LogP contribution in [-0.2, 0) is 6.42 Å². The van der Waals surface area contributed by atoms with E-state index in [-0.39, 0.29) is 5.69 Å². The van der Waals surface area contributed by atoms with Gasteiger partial charge in [0, 0.05) is 40.7 Å². The first-order chi connectivity index (χ1) is 11.1. The minimum atomic E-state index is -0.262. The molecule has 3 rings (SSSR count). The number of aromatic nitrogens is 4. The van der Waals surface area contributed by atoms with Crippen LogP contribution < -0.4 is 11.0 Å². The van der Waals surface area contributed by atoms with Crippen molar-refractivity contribution < 1.29 is 0 Å². The second-order valence-electron chi connectivity index (χ2n) is 4.91. The molecule has 0 saturated carbocycles. The maximum Gasteiger partial charge on any atom is 0.323 e. The Morgan fingerprint density at radius 1 is 1.09 bits per heavy atom. The van der Waals surface area contributed by atoms with E-state index in [1.807, 2.05) is 12.1 Å². The van der Waals surface area contributed by atoms with E-state index in [4.69, 9.17) is 23.2 Å². The third kappa shape index (κ3) is 4.12. The number of H-pyrrole nitrogens is 2. The highest BCUT2D eigenvalue weighted by atomic mass is 35.5. The number of rotatable bonds is 5. The van der Waals surface area contributed by atoms with Gasteiger partial charge in [0.1, 0.15) is 0 Å². The molecule has 0 amide bonds. The minimum absolute atomic E-state index is 0.262. The fraction of sp³-hybridized carbons (Fsp3) is 0.133. The summed E-state index contributed by atoms with van der Waals surface area (Å²) in [5, 5.41) is 4.37. The number of hydrogen-bond donors (Lipinski definition) is 3. The van der Waals surface area contributed by atoms with Gasteiger partial charge in [-0.3, -0.25) is 0 Å². The lowest BCUT2D eigenvalue weighted by Crippen LogP contribution is -2.08. The smallest absolute Gasteiger partial charge is 0.323 e. The van der Waals surface area contributed by atoms with Gasteiger partial charge in [0.15, 0.2) is 0 Å². The van der Waals surface area contributed by atoms with Crippen molar-refractivity contribution in [3.63, 3.8) is 0 Å². The van der Waals surface area contributed by atoms with Crippen LogP contribution in [0.3, 0.4) is 0 Å². The molecule has 0 fully saturated rings. The van der Waals surface area contributed by atoms with Crippen LogP contribution >= 0.6 is 23.2 Å². The molecule has 3 N–H and O–H groups in total. The standard InChI is InChI=1S/C15H13Cl2N5O/c16-11-3-9(4-12(17)5-11)1-2-18-14-19-6-10(7-20-14)13-8-21-15(23)22-13/h3-8H,1-2H2,(H,18,19,20)(H2,21,22,23). The molecule has 2 aromatic heterocycles. The highest BCUT2D eigenvalue weighted by Gasteiger charge is 2.03. The number of halogens is 2. The molecular formula is C15H13Cl2N5O. The van der Waals surface area contributed by atoms with Crippen LogP contribution in [0.25, 0.3) is 11.3 Å². The number of aromatic amines is 2. The molecule has 0 radical (unpaired) electrons. The van der Waals surface area contributed by atoms with Crippen molar-refractivity contribution in [3.05, 3.63) is 62.9 Å². The first-order valence-electron chi connectivity index (χ1n) is 6.89.